The first kappa shape index (κ1) is 20.1. The Labute approximate surface area is 150 Å². The molecular weight excluding hydrogens is 346 g/mol. The van der Waals surface area contributed by atoms with E-state index in [9.17, 15) is 20.4 Å². The van der Waals surface area contributed by atoms with Crippen LogP contribution >= 0.6 is 0 Å². The Morgan fingerprint density at radius 3 is 2.27 bits per heavy atom. The van der Waals surface area contributed by atoms with Crippen LogP contribution in [0.2, 0.25) is 0 Å². The highest BCUT2D eigenvalue weighted by Gasteiger charge is 2.43. The molecule has 1 aromatic carbocycles. The van der Waals surface area contributed by atoms with E-state index in [1.165, 1.54) is 26.5 Å². The van der Waals surface area contributed by atoms with Crippen molar-refractivity contribution in [1.82, 2.24) is 0 Å². The number of phenolic OH excluding ortho intramolecular Hbond substituents is 1. The van der Waals surface area contributed by atoms with Crippen molar-refractivity contribution < 1.29 is 39.7 Å². The molecule has 26 heavy (non-hydrogen) atoms. The molecule has 0 amide bonds. The molecule has 0 bridgehead atoms. The maximum atomic E-state index is 9.99. The van der Waals surface area contributed by atoms with Gasteiger partial charge in [-0.1, -0.05) is 6.08 Å². The molecule has 1 fully saturated rings. The summed E-state index contributed by atoms with van der Waals surface area (Å²) in [4.78, 5) is 3.99. The molecule has 9 nitrogen and oxygen atoms in total. The van der Waals surface area contributed by atoms with Gasteiger partial charge in [-0.3, -0.25) is 4.99 Å². The Morgan fingerprint density at radius 1 is 1.12 bits per heavy atom. The summed E-state index contributed by atoms with van der Waals surface area (Å²) >= 11 is 0. The Morgan fingerprint density at radius 2 is 1.73 bits per heavy atom. The van der Waals surface area contributed by atoms with Gasteiger partial charge < -0.3 is 39.7 Å². The Balaban J connectivity index is 2.10. The molecule has 5 unspecified atom stereocenters. The summed E-state index contributed by atoms with van der Waals surface area (Å²) in [7, 11) is 2.83. The second kappa shape index (κ2) is 8.97. The first-order valence-electron chi connectivity index (χ1n) is 7.88. The minimum atomic E-state index is -1.45. The second-order valence-corrected chi connectivity index (χ2v) is 5.65. The lowest BCUT2D eigenvalue weighted by Crippen LogP contribution is -2.57. The summed E-state index contributed by atoms with van der Waals surface area (Å²) in [5, 5.41) is 48.5. The maximum Gasteiger partial charge on any atom is 0.200 e. The van der Waals surface area contributed by atoms with E-state index >= 15 is 0 Å². The fourth-order valence-electron chi connectivity index (χ4n) is 2.56. The lowest BCUT2D eigenvalue weighted by molar-refractivity contribution is -0.248. The van der Waals surface area contributed by atoms with Gasteiger partial charge in [-0.25, -0.2) is 0 Å². The number of hydrogen-bond donors (Lipinski definition) is 5. The maximum absolute atomic E-state index is 9.99. The summed E-state index contributed by atoms with van der Waals surface area (Å²) in [5.41, 5.74) is 0.657. The van der Waals surface area contributed by atoms with Crippen molar-refractivity contribution >= 4 is 12.3 Å². The van der Waals surface area contributed by atoms with Crippen LogP contribution in [0.1, 0.15) is 5.56 Å². The zero-order valence-electron chi connectivity index (χ0n) is 14.4. The van der Waals surface area contributed by atoms with E-state index < -0.39 is 37.3 Å². The van der Waals surface area contributed by atoms with Gasteiger partial charge in [0.15, 0.2) is 17.8 Å². The van der Waals surface area contributed by atoms with Crippen LogP contribution in [0.5, 0.6) is 17.2 Å². The SMILES string of the molecule is COc1cc(/C=C/C=NC2C(O)OC(CO)C(O)C2O)cc(OC)c1O. The second-order valence-electron chi connectivity index (χ2n) is 5.65. The monoisotopic (exact) mass is 369 g/mol. The molecule has 144 valence electrons. The van der Waals surface area contributed by atoms with Crippen LogP contribution in [0, 0.1) is 0 Å². The molecule has 9 heteroatoms. The number of hydrogen-bond acceptors (Lipinski definition) is 9. The molecule has 1 aromatic rings. The quantitative estimate of drug-likeness (QED) is 0.414. The van der Waals surface area contributed by atoms with Gasteiger partial charge in [-0.05, 0) is 23.8 Å². The molecular formula is C17H23NO8. The predicted octanol–water partition coefficient (Wildman–Crippen LogP) is -0.707. The number of allylic oxidation sites excluding steroid dienone is 1. The predicted molar refractivity (Wildman–Crippen MR) is 92.5 cm³/mol. The smallest absolute Gasteiger partial charge is 0.200 e. The van der Waals surface area contributed by atoms with E-state index in [1.54, 1.807) is 18.2 Å². The zero-order chi connectivity index (χ0) is 19.3. The van der Waals surface area contributed by atoms with Gasteiger partial charge in [0.05, 0.1) is 20.8 Å². The lowest BCUT2D eigenvalue weighted by atomic mass is 9.97. The molecule has 5 atom stereocenters. The molecule has 1 aliphatic rings. The Kier molecular flexibility index (Phi) is 6.95. The number of aliphatic hydroxyl groups excluding tert-OH is 4. The standard InChI is InChI=1S/C17H23NO8/c1-24-10-6-9(7-11(25-2)14(10)20)4-3-5-18-13-16(22)15(21)12(8-19)26-17(13)23/h3-7,12-13,15-17,19-23H,8H2,1-2H3/b4-3+,18-5?. The highest BCUT2D eigenvalue weighted by atomic mass is 16.6. The van der Waals surface area contributed by atoms with Crippen LogP contribution in [-0.2, 0) is 4.74 Å². The fourth-order valence-corrected chi connectivity index (χ4v) is 2.56. The normalized spacial score (nSPS) is 29.4. The van der Waals surface area contributed by atoms with Crippen molar-refractivity contribution in [3.63, 3.8) is 0 Å². The summed E-state index contributed by atoms with van der Waals surface area (Å²) < 4.78 is 15.1. The van der Waals surface area contributed by atoms with E-state index in [-0.39, 0.29) is 17.2 Å². The molecule has 0 aromatic heterocycles. The number of rotatable bonds is 6. The molecule has 0 saturated carbocycles. The van der Waals surface area contributed by atoms with Gasteiger partial charge in [-0.2, -0.15) is 0 Å². The van der Waals surface area contributed by atoms with Gasteiger partial charge in [0.2, 0.25) is 5.75 Å². The van der Waals surface area contributed by atoms with Crippen molar-refractivity contribution in [1.29, 1.82) is 0 Å². The minimum Gasteiger partial charge on any atom is -0.502 e. The highest BCUT2D eigenvalue weighted by molar-refractivity contribution is 5.79. The third kappa shape index (κ3) is 4.32. The van der Waals surface area contributed by atoms with Crippen LogP contribution in [-0.4, -0.2) is 83.2 Å². The van der Waals surface area contributed by atoms with Crippen molar-refractivity contribution in [3.05, 3.63) is 23.8 Å². The first-order chi connectivity index (χ1) is 12.4. The largest absolute Gasteiger partial charge is 0.502 e. The van der Waals surface area contributed by atoms with Crippen LogP contribution in [0.4, 0.5) is 0 Å². The number of phenols is 1. The average molecular weight is 369 g/mol. The van der Waals surface area contributed by atoms with E-state index in [1.807, 2.05) is 0 Å². The van der Waals surface area contributed by atoms with Gasteiger partial charge in [0.25, 0.3) is 0 Å². The van der Waals surface area contributed by atoms with Crippen LogP contribution in [0.25, 0.3) is 6.08 Å². The first-order valence-corrected chi connectivity index (χ1v) is 7.88. The molecule has 0 radical (unpaired) electrons. The number of benzene rings is 1. The van der Waals surface area contributed by atoms with Crippen molar-refractivity contribution in [2.45, 2.75) is 30.6 Å². The topological polar surface area (TPSA) is 141 Å². The number of aromatic hydroxyl groups is 1. The molecule has 2 rings (SSSR count). The van der Waals surface area contributed by atoms with Gasteiger partial charge >= 0.3 is 0 Å². The van der Waals surface area contributed by atoms with E-state index in [4.69, 9.17) is 19.3 Å². The molecule has 1 aliphatic heterocycles. The molecule has 0 spiro atoms. The fraction of sp³-hybridized carbons (Fsp3) is 0.471. The molecule has 1 saturated heterocycles. The summed E-state index contributed by atoms with van der Waals surface area (Å²) in [5.74, 6) is 0.370. The molecule has 5 N–H and O–H groups in total. The lowest BCUT2D eigenvalue weighted by Gasteiger charge is -2.38. The number of methoxy groups -OCH3 is 2. The minimum absolute atomic E-state index is 0.112. The third-order valence-corrected chi connectivity index (χ3v) is 4.00. The number of aliphatic imine (C=N–C) groups is 1. The highest BCUT2D eigenvalue weighted by Crippen LogP contribution is 2.37. The number of aliphatic hydroxyl groups is 4. The zero-order valence-corrected chi connectivity index (χ0v) is 14.4. The number of ether oxygens (including phenoxy) is 3. The van der Waals surface area contributed by atoms with E-state index in [0.29, 0.717) is 5.56 Å². The average Bonchev–Trinajstić information content (AvgIpc) is 2.64. The third-order valence-electron chi connectivity index (χ3n) is 4.00. The van der Waals surface area contributed by atoms with Gasteiger partial charge in [0.1, 0.15) is 24.4 Å². The van der Waals surface area contributed by atoms with Crippen molar-refractivity contribution in [2.75, 3.05) is 20.8 Å². The van der Waals surface area contributed by atoms with Crippen LogP contribution in [0.15, 0.2) is 23.2 Å². The van der Waals surface area contributed by atoms with Crippen molar-refractivity contribution in [3.8, 4) is 17.2 Å². The summed E-state index contributed by atoms with van der Waals surface area (Å²) in [6, 6.07) is 2.08. The van der Waals surface area contributed by atoms with Gasteiger partial charge in [-0.15, -0.1) is 0 Å². The Bertz CT molecular complexity index is 637. The Hall–Kier alpha value is -2.17. The summed E-state index contributed by atoms with van der Waals surface area (Å²) in [6.45, 7) is -0.532. The number of nitrogens with zero attached hydrogens (tertiary/aromatic N) is 1. The van der Waals surface area contributed by atoms with Gasteiger partial charge in [0, 0.05) is 6.21 Å². The van der Waals surface area contributed by atoms with Crippen LogP contribution in [0.3, 0.4) is 0 Å². The van der Waals surface area contributed by atoms with Crippen LogP contribution < -0.4 is 9.47 Å². The van der Waals surface area contributed by atoms with Crippen molar-refractivity contribution in [2.24, 2.45) is 4.99 Å². The summed E-state index contributed by atoms with van der Waals surface area (Å²) in [6.07, 6.45) is -0.755. The molecule has 0 aliphatic carbocycles. The molecule has 1 heterocycles. The van der Waals surface area contributed by atoms with E-state index in [0.717, 1.165) is 0 Å². The van der Waals surface area contributed by atoms with E-state index in [2.05, 4.69) is 4.99 Å².